The molecule has 0 aromatic rings. The summed E-state index contributed by atoms with van der Waals surface area (Å²) in [4.78, 5) is 1.37. The van der Waals surface area contributed by atoms with Crippen molar-refractivity contribution < 1.29 is 13.2 Å². The topological polar surface area (TPSA) is 27.0 Å². The van der Waals surface area contributed by atoms with E-state index in [1.165, 1.54) is 4.90 Å². The molecule has 1 unspecified atom stereocenters. The van der Waals surface area contributed by atoms with Crippen molar-refractivity contribution in [2.75, 3.05) is 13.1 Å². The number of nitriles is 1. The van der Waals surface area contributed by atoms with Crippen molar-refractivity contribution in [3.05, 3.63) is 0 Å². The number of halogens is 3. The maximum absolute atomic E-state index is 12.1. The molecule has 0 saturated heterocycles. The monoisotopic (exact) mass is 206 g/mol. The van der Waals surface area contributed by atoms with Gasteiger partial charge in [-0.15, -0.1) is 0 Å². The van der Waals surface area contributed by atoms with Crippen LogP contribution in [-0.2, 0) is 0 Å². The zero-order chi connectivity index (χ0) is 10.8. The van der Waals surface area contributed by atoms with E-state index in [1.807, 2.05) is 6.07 Å². The van der Waals surface area contributed by atoms with Crippen molar-refractivity contribution in [3.8, 4) is 6.07 Å². The van der Waals surface area contributed by atoms with E-state index < -0.39 is 12.7 Å². The smallest absolute Gasteiger partial charge is 0.291 e. The summed E-state index contributed by atoms with van der Waals surface area (Å²) in [6.07, 6.45) is -2.50. The fourth-order valence-corrected chi connectivity index (χ4v) is 1.41. The normalized spacial score (nSPS) is 19.4. The molecule has 80 valence electrons. The van der Waals surface area contributed by atoms with Gasteiger partial charge in [-0.05, 0) is 19.8 Å². The van der Waals surface area contributed by atoms with Crippen LogP contribution < -0.4 is 0 Å². The molecule has 0 aliphatic heterocycles. The summed E-state index contributed by atoms with van der Waals surface area (Å²) in [5, 5.41) is 8.53. The molecule has 0 spiro atoms. The lowest BCUT2D eigenvalue weighted by Gasteiger charge is -2.24. The molecule has 1 atom stereocenters. The van der Waals surface area contributed by atoms with Gasteiger partial charge in [0.05, 0.1) is 18.5 Å². The highest BCUT2D eigenvalue weighted by atomic mass is 19.4. The van der Waals surface area contributed by atoms with E-state index in [2.05, 4.69) is 0 Å². The first kappa shape index (κ1) is 11.3. The molecule has 1 aliphatic rings. The van der Waals surface area contributed by atoms with Crippen LogP contribution >= 0.6 is 0 Å². The average Bonchev–Trinajstić information content (AvgIpc) is 2.82. The SMILES string of the molecule is CC(C#N)CN(CC(F)(F)F)C1CC1. The van der Waals surface area contributed by atoms with Crippen LogP contribution in [0.15, 0.2) is 0 Å². The first-order chi connectivity index (χ1) is 6.42. The van der Waals surface area contributed by atoms with E-state index in [1.54, 1.807) is 6.92 Å². The first-order valence-electron chi connectivity index (χ1n) is 4.63. The van der Waals surface area contributed by atoms with Gasteiger partial charge in [-0.1, -0.05) is 0 Å². The van der Waals surface area contributed by atoms with Crippen molar-refractivity contribution in [1.82, 2.24) is 4.90 Å². The predicted octanol–water partition coefficient (Wildman–Crippen LogP) is 2.17. The maximum atomic E-state index is 12.1. The minimum atomic E-state index is -4.15. The molecule has 1 saturated carbocycles. The van der Waals surface area contributed by atoms with Gasteiger partial charge in [-0.3, -0.25) is 4.90 Å². The lowest BCUT2D eigenvalue weighted by atomic mass is 10.2. The summed E-state index contributed by atoms with van der Waals surface area (Å²) in [5.41, 5.74) is 0. The Morgan fingerprint density at radius 3 is 2.43 bits per heavy atom. The molecule has 0 N–H and O–H groups in total. The highest BCUT2D eigenvalue weighted by molar-refractivity contribution is 4.90. The van der Waals surface area contributed by atoms with Crippen LogP contribution in [-0.4, -0.2) is 30.2 Å². The third-order valence-electron chi connectivity index (χ3n) is 2.17. The van der Waals surface area contributed by atoms with Crippen molar-refractivity contribution in [3.63, 3.8) is 0 Å². The van der Waals surface area contributed by atoms with Gasteiger partial charge in [-0.2, -0.15) is 18.4 Å². The largest absolute Gasteiger partial charge is 0.401 e. The zero-order valence-electron chi connectivity index (χ0n) is 8.01. The Morgan fingerprint density at radius 2 is 2.07 bits per heavy atom. The molecule has 2 nitrogen and oxygen atoms in total. The molecule has 5 heteroatoms. The molecule has 1 aliphatic carbocycles. The Labute approximate surface area is 81.3 Å². The predicted molar refractivity (Wildman–Crippen MR) is 45.4 cm³/mol. The van der Waals surface area contributed by atoms with Crippen molar-refractivity contribution >= 4 is 0 Å². The molecular formula is C9H13F3N2. The van der Waals surface area contributed by atoms with Gasteiger partial charge in [-0.25, -0.2) is 0 Å². The lowest BCUT2D eigenvalue weighted by molar-refractivity contribution is -0.147. The van der Waals surface area contributed by atoms with Gasteiger partial charge in [0.15, 0.2) is 0 Å². The summed E-state index contributed by atoms with van der Waals surface area (Å²) in [7, 11) is 0. The number of alkyl halides is 3. The second kappa shape index (κ2) is 4.18. The zero-order valence-corrected chi connectivity index (χ0v) is 8.01. The van der Waals surface area contributed by atoms with Crippen LogP contribution in [0, 0.1) is 17.2 Å². The molecule has 14 heavy (non-hydrogen) atoms. The Kier molecular flexibility index (Phi) is 3.38. The van der Waals surface area contributed by atoms with Crippen LogP contribution in [0.2, 0.25) is 0 Å². The van der Waals surface area contributed by atoms with Gasteiger partial charge in [0.1, 0.15) is 0 Å². The third kappa shape index (κ3) is 3.97. The fourth-order valence-electron chi connectivity index (χ4n) is 1.41. The molecule has 1 fully saturated rings. The van der Waals surface area contributed by atoms with E-state index >= 15 is 0 Å². The highest BCUT2D eigenvalue weighted by Crippen LogP contribution is 2.30. The minimum absolute atomic E-state index is 0.0485. The second-order valence-corrected chi connectivity index (χ2v) is 3.81. The molecule has 0 aromatic carbocycles. The Morgan fingerprint density at radius 1 is 1.50 bits per heavy atom. The molecule has 0 bridgehead atoms. The van der Waals surface area contributed by atoms with E-state index in [-0.39, 0.29) is 18.5 Å². The van der Waals surface area contributed by atoms with Gasteiger partial charge in [0, 0.05) is 12.6 Å². The minimum Gasteiger partial charge on any atom is -0.291 e. The van der Waals surface area contributed by atoms with E-state index in [4.69, 9.17) is 5.26 Å². The van der Waals surface area contributed by atoms with Gasteiger partial charge in [0.25, 0.3) is 0 Å². The van der Waals surface area contributed by atoms with Crippen LogP contribution in [0.1, 0.15) is 19.8 Å². The quantitative estimate of drug-likeness (QED) is 0.704. The van der Waals surface area contributed by atoms with E-state index in [0.29, 0.717) is 0 Å². The molecule has 0 radical (unpaired) electrons. The van der Waals surface area contributed by atoms with Crippen LogP contribution in [0.25, 0.3) is 0 Å². The molecule has 0 amide bonds. The third-order valence-corrected chi connectivity index (χ3v) is 2.17. The molecular weight excluding hydrogens is 193 g/mol. The van der Waals surface area contributed by atoms with Crippen molar-refractivity contribution in [1.29, 1.82) is 5.26 Å². The van der Waals surface area contributed by atoms with Crippen molar-refractivity contribution in [2.45, 2.75) is 32.0 Å². The van der Waals surface area contributed by atoms with Crippen molar-refractivity contribution in [2.24, 2.45) is 5.92 Å². The summed E-state index contributed by atoms with van der Waals surface area (Å²) in [5.74, 6) is -0.335. The van der Waals surface area contributed by atoms with Crippen LogP contribution in [0.4, 0.5) is 13.2 Å². The summed E-state index contributed by atoms with van der Waals surface area (Å²) in [6, 6.07) is 2.00. The molecule has 0 aromatic heterocycles. The Bertz CT molecular complexity index is 227. The number of hydrogen-bond donors (Lipinski definition) is 0. The average molecular weight is 206 g/mol. The van der Waals surface area contributed by atoms with E-state index in [9.17, 15) is 13.2 Å². The maximum Gasteiger partial charge on any atom is 0.401 e. The summed E-state index contributed by atoms with van der Waals surface area (Å²) >= 11 is 0. The number of rotatable bonds is 4. The van der Waals surface area contributed by atoms with Crippen LogP contribution in [0.3, 0.4) is 0 Å². The standard InChI is InChI=1S/C9H13F3N2/c1-7(4-13)5-14(8-2-3-8)6-9(10,11)12/h7-8H,2-3,5-6H2,1H3. The lowest BCUT2D eigenvalue weighted by Crippen LogP contribution is -2.38. The number of hydrogen-bond acceptors (Lipinski definition) is 2. The number of nitrogens with zero attached hydrogens (tertiary/aromatic N) is 2. The Hall–Kier alpha value is -0.760. The summed E-state index contributed by atoms with van der Waals surface area (Å²) in [6.45, 7) is 0.982. The molecule has 0 heterocycles. The highest BCUT2D eigenvalue weighted by Gasteiger charge is 2.38. The van der Waals surface area contributed by atoms with Gasteiger partial charge in [0.2, 0.25) is 0 Å². The summed E-state index contributed by atoms with van der Waals surface area (Å²) < 4.78 is 36.4. The van der Waals surface area contributed by atoms with Gasteiger partial charge >= 0.3 is 6.18 Å². The first-order valence-corrected chi connectivity index (χ1v) is 4.63. The molecule has 1 rings (SSSR count). The fraction of sp³-hybridized carbons (Fsp3) is 0.889. The van der Waals surface area contributed by atoms with Gasteiger partial charge < -0.3 is 0 Å². The van der Waals surface area contributed by atoms with E-state index in [0.717, 1.165) is 12.8 Å². The second-order valence-electron chi connectivity index (χ2n) is 3.81. The Balaban J connectivity index is 2.44. The van der Waals surface area contributed by atoms with Crippen LogP contribution in [0.5, 0.6) is 0 Å².